The molecule has 96 valence electrons. The van der Waals surface area contributed by atoms with E-state index in [0.717, 1.165) is 6.42 Å². The lowest BCUT2D eigenvalue weighted by molar-refractivity contribution is -0.123. The van der Waals surface area contributed by atoms with Crippen molar-refractivity contribution in [1.82, 2.24) is 10.6 Å². The summed E-state index contributed by atoms with van der Waals surface area (Å²) in [6, 6.07) is 4.45. The van der Waals surface area contributed by atoms with Gasteiger partial charge in [0, 0.05) is 17.0 Å². The minimum atomic E-state index is -0.163. The molecule has 0 aliphatic heterocycles. The third-order valence-corrected chi connectivity index (χ3v) is 3.56. The standard InChI is InChI=1S/C13H22N2OS/c1-5-11(12-7-6-8-17-12)15-10(4)13(16)14-9(2)3/h6-11,15H,5H2,1-4H3,(H,14,16). The molecule has 3 nitrogen and oxygen atoms in total. The van der Waals surface area contributed by atoms with Gasteiger partial charge in [-0.05, 0) is 38.6 Å². The van der Waals surface area contributed by atoms with Crippen molar-refractivity contribution in [1.29, 1.82) is 0 Å². The van der Waals surface area contributed by atoms with E-state index in [1.54, 1.807) is 11.3 Å². The molecule has 0 fully saturated rings. The molecule has 0 aromatic carbocycles. The summed E-state index contributed by atoms with van der Waals surface area (Å²) in [5, 5.41) is 8.36. The monoisotopic (exact) mass is 254 g/mol. The van der Waals surface area contributed by atoms with Crippen molar-refractivity contribution in [2.75, 3.05) is 0 Å². The number of carbonyl (C=O) groups excluding carboxylic acids is 1. The summed E-state index contributed by atoms with van der Waals surface area (Å²) in [7, 11) is 0. The fraction of sp³-hybridized carbons (Fsp3) is 0.615. The average molecular weight is 254 g/mol. The minimum absolute atomic E-state index is 0.0648. The van der Waals surface area contributed by atoms with Crippen molar-refractivity contribution in [2.24, 2.45) is 0 Å². The van der Waals surface area contributed by atoms with Gasteiger partial charge in [-0.2, -0.15) is 0 Å². The number of hydrogen-bond acceptors (Lipinski definition) is 3. The van der Waals surface area contributed by atoms with Gasteiger partial charge in [0.25, 0.3) is 0 Å². The molecule has 0 saturated carbocycles. The van der Waals surface area contributed by atoms with E-state index < -0.39 is 0 Å². The first-order chi connectivity index (χ1) is 8.04. The second-order valence-electron chi connectivity index (χ2n) is 4.53. The lowest BCUT2D eigenvalue weighted by atomic mass is 10.1. The molecule has 1 heterocycles. The molecule has 1 amide bonds. The summed E-state index contributed by atoms with van der Waals surface area (Å²) in [5.74, 6) is 0.0648. The third kappa shape index (κ3) is 4.48. The molecule has 2 atom stereocenters. The van der Waals surface area contributed by atoms with Crippen LogP contribution in [-0.4, -0.2) is 18.0 Å². The van der Waals surface area contributed by atoms with E-state index in [4.69, 9.17) is 0 Å². The molecule has 1 rings (SSSR count). The average Bonchev–Trinajstić information content (AvgIpc) is 2.77. The molecule has 0 aliphatic carbocycles. The highest BCUT2D eigenvalue weighted by Gasteiger charge is 2.18. The first kappa shape index (κ1) is 14.2. The van der Waals surface area contributed by atoms with Gasteiger partial charge in [0.1, 0.15) is 0 Å². The molecule has 0 aliphatic rings. The Morgan fingerprint density at radius 3 is 2.59 bits per heavy atom. The zero-order valence-corrected chi connectivity index (χ0v) is 11.8. The van der Waals surface area contributed by atoms with Crippen LogP contribution >= 0.6 is 11.3 Å². The Balaban J connectivity index is 2.54. The first-order valence-corrected chi connectivity index (χ1v) is 7.02. The molecule has 1 aromatic heterocycles. The Bertz CT molecular complexity index is 335. The maximum Gasteiger partial charge on any atom is 0.237 e. The van der Waals surface area contributed by atoms with Gasteiger partial charge >= 0.3 is 0 Å². The molecule has 0 spiro atoms. The molecule has 0 saturated heterocycles. The third-order valence-electron chi connectivity index (χ3n) is 2.57. The zero-order valence-electron chi connectivity index (χ0n) is 11.0. The van der Waals surface area contributed by atoms with Gasteiger partial charge in [-0.25, -0.2) is 0 Å². The van der Waals surface area contributed by atoms with Crippen LogP contribution in [0, 0.1) is 0 Å². The summed E-state index contributed by atoms with van der Waals surface area (Å²) in [4.78, 5) is 13.1. The smallest absolute Gasteiger partial charge is 0.237 e. The molecule has 17 heavy (non-hydrogen) atoms. The maximum atomic E-state index is 11.8. The van der Waals surface area contributed by atoms with E-state index in [9.17, 15) is 4.79 Å². The molecule has 2 unspecified atom stereocenters. The Labute approximate surface area is 108 Å². The van der Waals surface area contributed by atoms with Crippen LogP contribution in [0.1, 0.15) is 45.0 Å². The Hall–Kier alpha value is -0.870. The van der Waals surface area contributed by atoms with E-state index in [2.05, 4.69) is 29.0 Å². The van der Waals surface area contributed by atoms with Crippen LogP contribution in [-0.2, 0) is 4.79 Å². The second kappa shape index (κ2) is 6.77. The van der Waals surface area contributed by atoms with Crippen molar-refractivity contribution >= 4 is 17.2 Å². The van der Waals surface area contributed by atoms with Gasteiger partial charge in [0.15, 0.2) is 0 Å². The Morgan fingerprint density at radius 2 is 2.12 bits per heavy atom. The highest BCUT2D eigenvalue weighted by molar-refractivity contribution is 7.10. The highest BCUT2D eigenvalue weighted by Crippen LogP contribution is 2.22. The summed E-state index contributed by atoms with van der Waals surface area (Å²) in [5.41, 5.74) is 0. The SMILES string of the molecule is CCC(NC(C)C(=O)NC(C)C)c1cccs1. The van der Waals surface area contributed by atoms with Crippen molar-refractivity contribution in [3.05, 3.63) is 22.4 Å². The minimum Gasteiger partial charge on any atom is -0.353 e. The predicted molar refractivity (Wildman–Crippen MR) is 73.2 cm³/mol. The molecular formula is C13H22N2OS. The quantitative estimate of drug-likeness (QED) is 0.819. The van der Waals surface area contributed by atoms with Crippen molar-refractivity contribution in [3.63, 3.8) is 0 Å². The number of rotatable bonds is 6. The highest BCUT2D eigenvalue weighted by atomic mass is 32.1. The van der Waals surface area contributed by atoms with Gasteiger partial charge in [-0.3, -0.25) is 10.1 Å². The zero-order chi connectivity index (χ0) is 12.8. The van der Waals surface area contributed by atoms with Crippen LogP contribution in [0.25, 0.3) is 0 Å². The summed E-state index contributed by atoms with van der Waals surface area (Å²) in [6.07, 6.45) is 0.986. The normalized spacial score (nSPS) is 14.6. The van der Waals surface area contributed by atoms with Gasteiger partial charge in [-0.15, -0.1) is 11.3 Å². The summed E-state index contributed by atoms with van der Waals surface area (Å²) >= 11 is 1.73. The number of amides is 1. The van der Waals surface area contributed by atoms with E-state index >= 15 is 0 Å². The van der Waals surface area contributed by atoms with Crippen molar-refractivity contribution < 1.29 is 4.79 Å². The summed E-state index contributed by atoms with van der Waals surface area (Å²) < 4.78 is 0. The molecule has 2 N–H and O–H groups in total. The first-order valence-electron chi connectivity index (χ1n) is 6.14. The van der Waals surface area contributed by atoms with Crippen LogP contribution in [0.3, 0.4) is 0 Å². The van der Waals surface area contributed by atoms with Crippen LogP contribution in [0.4, 0.5) is 0 Å². The number of nitrogens with one attached hydrogen (secondary N) is 2. The largest absolute Gasteiger partial charge is 0.353 e. The van der Waals surface area contributed by atoms with Gasteiger partial charge in [0.05, 0.1) is 6.04 Å². The van der Waals surface area contributed by atoms with Gasteiger partial charge in [0.2, 0.25) is 5.91 Å². The molecular weight excluding hydrogens is 232 g/mol. The van der Waals surface area contributed by atoms with Crippen LogP contribution < -0.4 is 10.6 Å². The van der Waals surface area contributed by atoms with Crippen molar-refractivity contribution in [3.8, 4) is 0 Å². The fourth-order valence-electron chi connectivity index (χ4n) is 1.68. The lowest BCUT2D eigenvalue weighted by Gasteiger charge is -2.21. The van der Waals surface area contributed by atoms with E-state index in [0.29, 0.717) is 0 Å². The number of hydrogen-bond donors (Lipinski definition) is 2. The topological polar surface area (TPSA) is 41.1 Å². The number of carbonyl (C=O) groups is 1. The second-order valence-corrected chi connectivity index (χ2v) is 5.51. The maximum absolute atomic E-state index is 11.8. The van der Waals surface area contributed by atoms with E-state index in [1.165, 1.54) is 4.88 Å². The Morgan fingerprint density at radius 1 is 1.41 bits per heavy atom. The molecule has 4 heteroatoms. The van der Waals surface area contributed by atoms with Crippen molar-refractivity contribution in [2.45, 2.75) is 52.2 Å². The van der Waals surface area contributed by atoms with Gasteiger partial charge in [-0.1, -0.05) is 13.0 Å². The summed E-state index contributed by atoms with van der Waals surface area (Å²) in [6.45, 7) is 7.99. The van der Waals surface area contributed by atoms with E-state index in [1.807, 2.05) is 26.8 Å². The van der Waals surface area contributed by atoms with Gasteiger partial charge < -0.3 is 5.32 Å². The Kier molecular flexibility index (Phi) is 5.65. The number of thiophene rings is 1. The molecule has 1 aromatic rings. The van der Waals surface area contributed by atoms with Crippen LogP contribution in [0.2, 0.25) is 0 Å². The van der Waals surface area contributed by atoms with Crippen LogP contribution in [0.15, 0.2) is 17.5 Å². The predicted octanol–water partition coefficient (Wildman–Crippen LogP) is 2.70. The van der Waals surface area contributed by atoms with E-state index in [-0.39, 0.29) is 24.0 Å². The fourth-order valence-corrected chi connectivity index (χ4v) is 2.55. The lowest BCUT2D eigenvalue weighted by Crippen LogP contribution is -2.45. The molecule has 0 bridgehead atoms. The van der Waals surface area contributed by atoms with Crippen LogP contribution in [0.5, 0.6) is 0 Å². The molecule has 0 radical (unpaired) electrons.